The highest BCUT2D eigenvalue weighted by Gasteiger charge is 2.20. The zero-order chi connectivity index (χ0) is 18.2. The first-order valence-electron chi connectivity index (χ1n) is 7.80. The molecule has 130 valence electrons. The molecular formula is C18H19BrN4O2. The van der Waals surface area contributed by atoms with Crippen LogP contribution in [0, 0.1) is 0 Å². The first-order valence-corrected chi connectivity index (χ1v) is 8.59. The Balaban J connectivity index is 1.99. The van der Waals surface area contributed by atoms with Crippen molar-refractivity contribution in [1.29, 1.82) is 0 Å². The number of nitrogens with zero attached hydrogens (tertiary/aromatic N) is 4. The molecular weight excluding hydrogens is 384 g/mol. The SMILES string of the molecule is Cn1cc(-c2cc(Br)ccc2-n2cc(C(=O)OC(C)(C)C)cn2)cn1. The zero-order valence-corrected chi connectivity index (χ0v) is 16.1. The maximum Gasteiger partial charge on any atom is 0.341 e. The number of benzene rings is 1. The normalized spacial score (nSPS) is 11.6. The fourth-order valence-corrected chi connectivity index (χ4v) is 2.76. The molecule has 1 aromatic carbocycles. The van der Waals surface area contributed by atoms with Crippen molar-refractivity contribution in [2.75, 3.05) is 0 Å². The van der Waals surface area contributed by atoms with Crippen LogP contribution in [-0.2, 0) is 11.8 Å². The molecule has 0 atom stereocenters. The molecule has 0 aliphatic heterocycles. The van der Waals surface area contributed by atoms with Crippen LogP contribution in [0.4, 0.5) is 0 Å². The molecule has 0 saturated carbocycles. The molecule has 0 amide bonds. The van der Waals surface area contributed by atoms with E-state index in [9.17, 15) is 4.79 Å². The van der Waals surface area contributed by atoms with Gasteiger partial charge in [-0.3, -0.25) is 4.68 Å². The Morgan fingerprint density at radius 2 is 1.92 bits per heavy atom. The van der Waals surface area contributed by atoms with Gasteiger partial charge >= 0.3 is 5.97 Å². The maximum absolute atomic E-state index is 12.2. The van der Waals surface area contributed by atoms with Gasteiger partial charge in [-0.15, -0.1) is 0 Å². The largest absolute Gasteiger partial charge is 0.456 e. The standard InChI is InChI=1S/C18H19BrN4O2/c1-18(2,3)25-17(24)13-9-21-23(11-13)16-6-5-14(19)7-15(16)12-8-20-22(4)10-12/h5-11H,1-4H3. The van der Waals surface area contributed by atoms with E-state index in [1.807, 2.05) is 52.2 Å². The zero-order valence-electron chi connectivity index (χ0n) is 14.5. The third kappa shape index (κ3) is 3.99. The summed E-state index contributed by atoms with van der Waals surface area (Å²) in [6.45, 7) is 5.51. The van der Waals surface area contributed by atoms with E-state index >= 15 is 0 Å². The summed E-state index contributed by atoms with van der Waals surface area (Å²) in [6, 6.07) is 5.88. The highest BCUT2D eigenvalue weighted by atomic mass is 79.9. The van der Waals surface area contributed by atoms with Gasteiger partial charge in [0.15, 0.2) is 0 Å². The minimum atomic E-state index is -0.544. The molecule has 25 heavy (non-hydrogen) atoms. The van der Waals surface area contributed by atoms with Gasteiger partial charge < -0.3 is 4.74 Å². The van der Waals surface area contributed by atoms with Crippen molar-refractivity contribution in [2.24, 2.45) is 7.05 Å². The second kappa shape index (κ2) is 6.48. The number of aromatic nitrogens is 4. The van der Waals surface area contributed by atoms with Gasteiger partial charge in [-0.1, -0.05) is 15.9 Å². The molecule has 0 saturated heterocycles. The summed E-state index contributed by atoms with van der Waals surface area (Å²) in [6.07, 6.45) is 6.92. The lowest BCUT2D eigenvalue weighted by atomic mass is 10.1. The number of halogens is 1. The van der Waals surface area contributed by atoms with E-state index in [4.69, 9.17) is 4.74 Å². The van der Waals surface area contributed by atoms with Crippen molar-refractivity contribution >= 4 is 21.9 Å². The lowest BCUT2D eigenvalue weighted by Crippen LogP contribution is -2.23. The van der Waals surface area contributed by atoms with Crippen molar-refractivity contribution in [3.05, 3.63) is 53.0 Å². The highest BCUT2D eigenvalue weighted by Crippen LogP contribution is 2.29. The predicted molar refractivity (Wildman–Crippen MR) is 98.6 cm³/mol. The van der Waals surface area contributed by atoms with Crippen molar-refractivity contribution in [2.45, 2.75) is 26.4 Å². The quantitative estimate of drug-likeness (QED) is 0.621. The second-order valence-electron chi connectivity index (χ2n) is 6.74. The third-order valence-corrected chi connectivity index (χ3v) is 3.93. The molecule has 0 aliphatic rings. The van der Waals surface area contributed by atoms with Crippen LogP contribution in [0.3, 0.4) is 0 Å². The van der Waals surface area contributed by atoms with Crippen LogP contribution in [0.2, 0.25) is 0 Å². The Morgan fingerprint density at radius 3 is 2.56 bits per heavy atom. The summed E-state index contributed by atoms with van der Waals surface area (Å²) in [5.74, 6) is -0.390. The third-order valence-electron chi connectivity index (χ3n) is 3.44. The number of hydrogen-bond acceptors (Lipinski definition) is 4. The number of hydrogen-bond donors (Lipinski definition) is 0. The van der Waals surface area contributed by atoms with Gasteiger partial charge in [-0.05, 0) is 39.0 Å². The number of rotatable bonds is 3. The Labute approximate surface area is 154 Å². The van der Waals surface area contributed by atoms with Gasteiger partial charge in [0.2, 0.25) is 0 Å². The average molecular weight is 403 g/mol. The van der Waals surface area contributed by atoms with E-state index in [0.717, 1.165) is 21.3 Å². The topological polar surface area (TPSA) is 61.9 Å². The van der Waals surface area contributed by atoms with E-state index in [-0.39, 0.29) is 0 Å². The number of ether oxygens (including phenoxy) is 1. The molecule has 0 spiro atoms. The summed E-state index contributed by atoms with van der Waals surface area (Å²) in [7, 11) is 1.87. The van der Waals surface area contributed by atoms with Crippen LogP contribution in [0.15, 0.2) is 47.5 Å². The van der Waals surface area contributed by atoms with Gasteiger partial charge in [0.05, 0.1) is 23.6 Å². The fraction of sp³-hybridized carbons (Fsp3) is 0.278. The van der Waals surface area contributed by atoms with Gasteiger partial charge in [0, 0.05) is 35.0 Å². The molecule has 2 heterocycles. The minimum Gasteiger partial charge on any atom is -0.456 e. The van der Waals surface area contributed by atoms with E-state index in [1.165, 1.54) is 6.20 Å². The molecule has 7 heteroatoms. The molecule has 2 aromatic heterocycles. The molecule has 3 aromatic rings. The van der Waals surface area contributed by atoms with E-state index in [2.05, 4.69) is 26.1 Å². The lowest BCUT2D eigenvalue weighted by molar-refractivity contribution is 0.00695. The van der Waals surface area contributed by atoms with Gasteiger partial charge in [-0.25, -0.2) is 9.48 Å². The lowest BCUT2D eigenvalue weighted by Gasteiger charge is -2.18. The monoisotopic (exact) mass is 402 g/mol. The smallest absolute Gasteiger partial charge is 0.341 e. The maximum atomic E-state index is 12.2. The number of esters is 1. The number of carbonyl (C=O) groups is 1. The summed E-state index contributed by atoms with van der Waals surface area (Å²) in [5, 5.41) is 8.56. The van der Waals surface area contributed by atoms with E-state index < -0.39 is 11.6 Å². The molecule has 0 aliphatic carbocycles. The molecule has 0 bridgehead atoms. The van der Waals surface area contributed by atoms with Crippen LogP contribution in [-0.4, -0.2) is 31.1 Å². The fourth-order valence-electron chi connectivity index (χ4n) is 2.40. The molecule has 0 unspecified atom stereocenters. The van der Waals surface area contributed by atoms with Crippen LogP contribution in [0.1, 0.15) is 31.1 Å². The van der Waals surface area contributed by atoms with Crippen molar-refractivity contribution in [3.8, 4) is 16.8 Å². The van der Waals surface area contributed by atoms with Crippen molar-refractivity contribution in [3.63, 3.8) is 0 Å². The summed E-state index contributed by atoms with van der Waals surface area (Å²) in [5.41, 5.74) is 2.65. The van der Waals surface area contributed by atoms with Crippen LogP contribution < -0.4 is 0 Å². The number of carbonyl (C=O) groups excluding carboxylic acids is 1. The summed E-state index contributed by atoms with van der Waals surface area (Å²) in [4.78, 5) is 12.2. The van der Waals surface area contributed by atoms with Crippen LogP contribution in [0.25, 0.3) is 16.8 Å². The van der Waals surface area contributed by atoms with E-state index in [1.54, 1.807) is 21.8 Å². The Bertz CT molecular complexity index is 921. The number of aryl methyl sites for hydroxylation is 1. The Hall–Kier alpha value is -2.41. The van der Waals surface area contributed by atoms with E-state index in [0.29, 0.717) is 5.56 Å². The first kappa shape index (κ1) is 17.4. The minimum absolute atomic E-state index is 0.390. The van der Waals surface area contributed by atoms with Crippen LogP contribution >= 0.6 is 15.9 Å². The van der Waals surface area contributed by atoms with Gasteiger partial charge in [-0.2, -0.15) is 10.2 Å². The molecule has 0 radical (unpaired) electrons. The molecule has 0 N–H and O–H groups in total. The Morgan fingerprint density at radius 1 is 1.16 bits per heavy atom. The van der Waals surface area contributed by atoms with Crippen molar-refractivity contribution in [1.82, 2.24) is 19.6 Å². The Kier molecular flexibility index (Phi) is 4.51. The molecule has 0 fully saturated rings. The van der Waals surface area contributed by atoms with Gasteiger partial charge in [0.25, 0.3) is 0 Å². The summed E-state index contributed by atoms with van der Waals surface area (Å²) < 4.78 is 9.77. The highest BCUT2D eigenvalue weighted by molar-refractivity contribution is 9.10. The van der Waals surface area contributed by atoms with Gasteiger partial charge in [0.1, 0.15) is 5.60 Å². The van der Waals surface area contributed by atoms with Crippen molar-refractivity contribution < 1.29 is 9.53 Å². The second-order valence-corrected chi connectivity index (χ2v) is 7.66. The molecule has 6 nitrogen and oxygen atoms in total. The average Bonchev–Trinajstić information content (AvgIpc) is 3.14. The first-order chi connectivity index (χ1) is 11.7. The molecule has 3 rings (SSSR count). The predicted octanol–water partition coefficient (Wildman–Crippen LogP) is 3.99. The van der Waals surface area contributed by atoms with Crippen LogP contribution in [0.5, 0.6) is 0 Å². The summed E-state index contributed by atoms with van der Waals surface area (Å²) >= 11 is 3.50.